The van der Waals surface area contributed by atoms with Crippen molar-refractivity contribution in [1.29, 1.82) is 0 Å². The van der Waals surface area contributed by atoms with E-state index in [0.29, 0.717) is 0 Å². The zero-order valence-corrected chi connectivity index (χ0v) is 17.8. The van der Waals surface area contributed by atoms with Crippen molar-refractivity contribution < 1.29 is 14.3 Å². The highest BCUT2D eigenvalue weighted by atomic mass is 19.1. The summed E-state index contributed by atoms with van der Waals surface area (Å²) in [4.78, 5) is 26.6. The average Bonchev–Trinajstić information content (AvgIpc) is 3.24. The highest BCUT2D eigenvalue weighted by Gasteiger charge is 2.58. The van der Waals surface area contributed by atoms with Gasteiger partial charge in [-0.3, -0.25) is 19.3 Å². The van der Waals surface area contributed by atoms with Gasteiger partial charge in [-0.15, -0.1) is 0 Å². The first-order valence-corrected chi connectivity index (χ1v) is 10.7. The lowest BCUT2D eigenvalue weighted by Crippen LogP contribution is -2.62. The number of halogens is 1. The standard InChI is InChI=1S/C25H22FN3O3/c1-14-3-4-15-10-17-11-16-5-6-18(26)12-20(16)25(17,19(15)9-14)29-13-27(2)24(32)22-23(31)21(30)7-8-28(22)29/h3-9,12,17,31H,10-11,13H2,1-2H3. The molecule has 2 aliphatic carbocycles. The minimum absolute atomic E-state index is 0.0645. The van der Waals surface area contributed by atoms with Crippen LogP contribution in [0.4, 0.5) is 4.39 Å². The fourth-order valence-electron chi connectivity index (χ4n) is 5.99. The zero-order chi connectivity index (χ0) is 22.4. The molecular weight excluding hydrogens is 409 g/mol. The Kier molecular flexibility index (Phi) is 3.71. The van der Waals surface area contributed by atoms with E-state index >= 15 is 0 Å². The third kappa shape index (κ3) is 2.23. The van der Waals surface area contributed by atoms with Crippen molar-refractivity contribution in [3.05, 3.63) is 98.2 Å². The van der Waals surface area contributed by atoms with Gasteiger partial charge in [-0.1, -0.05) is 29.8 Å². The molecule has 2 heterocycles. The first kappa shape index (κ1) is 19.1. The van der Waals surface area contributed by atoms with Crippen LogP contribution in [0, 0.1) is 18.7 Å². The van der Waals surface area contributed by atoms with Crippen LogP contribution in [0.25, 0.3) is 0 Å². The Labute approximate surface area is 184 Å². The summed E-state index contributed by atoms with van der Waals surface area (Å²) in [6.07, 6.45) is 3.14. The maximum atomic E-state index is 14.6. The van der Waals surface area contributed by atoms with Crippen molar-refractivity contribution in [3.63, 3.8) is 0 Å². The van der Waals surface area contributed by atoms with Crippen LogP contribution in [-0.2, 0) is 18.4 Å². The van der Waals surface area contributed by atoms with Gasteiger partial charge in [-0.2, -0.15) is 0 Å². The Hall–Kier alpha value is -3.61. The number of hydrogen-bond donors (Lipinski definition) is 1. The van der Waals surface area contributed by atoms with Crippen molar-refractivity contribution in [2.45, 2.75) is 25.3 Å². The molecule has 2 aromatic carbocycles. The normalized spacial score (nSPS) is 23.1. The predicted molar refractivity (Wildman–Crippen MR) is 117 cm³/mol. The van der Waals surface area contributed by atoms with E-state index in [1.807, 2.05) is 18.0 Å². The van der Waals surface area contributed by atoms with Crippen LogP contribution in [0.5, 0.6) is 5.75 Å². The van der Waals surface area contributed by atoms with Gasteiger partial charge in [0.2, 0.25) is 5.43 Å². The summed E-state index contributed by atoms with van der Waals surface area (Å²) < 4.78 is 16.2. The molecule has 3 aromatic rings. The van der Waals surface area contributed by atoms with E-state index in [9.17, 15) is 19.1 Å². The molecular formula is C25H22FN3O3. The molecule has 0 bridgehead atoms. The second kappa shape index (κ2) is 6.22. The molecule has 0 radical (unpaired) electrons. The third-order valence-corrected chi connectivity index (χ3v) is 7.30. The van der Waals surface area contributed by atoms with Crippen molar-refractivity contribution in [2.24, 2.45) is 5.92 Å². The average molecular weight is 431 g/mol. The highest BCUT2D eigenvalue weighted by Crippen LogP contribution is 2.56. The number of carbonyl (C=O) groups is 1. The van der Waals surface area contributed by atoms with E-state index in [2.05, 4.69) is 18.2 Å². The molecule has 0 saturated carbocycles. The Morgan fingerprint density at radius 2 is 1.72 bits per heavy atom. The molecule has 0 fully saturated rings. The van der Waals surface area contributed by atoms with Gasteiger partial charge in [0.05, 0.1) is 0 Å². The molecule has 1 aliphatic heterocycles. The van der Waals surface area contributed by atoms with Crippen LogP contribution in [0.1, 0.15) is 38.3 Å². The molecule has 6 rings (SSSR count). The summed E-state index contributed by atoms with van der Waals surface area (Å²) in [7, 11) is 1.65. The summed E-state index contributed by atoms with van der Waals surface area (Å²) >= 11 is 0. The fourth-order valence-corrected chi connectivity index (χ4v) is 5.99. The first-order valence-electron chi connectivity index (χ1n) is 10.7. The predicted octanol–water partition coefficient (Wildman–Crippen LogP) is 2.65. The number of rotatable bonds is 1. The largest absolute Gasteiger partial charge is 0.502 e. The first-order chi connectivity index (χ1) is 15.3. The van der Waals surface area contributed by atoms with E-state index in [1.165, 1.54) is 22.6 Å². The molecule has 0 spiro atoms. The maximum absolute atomic E-state index is 14.6. The molecule has 162 valence electrons. The number of aryl methyl sites for hydroxylation is 1. The smallest absolute Gasteiger partial charge is 0.277 e. The summed E-state index contributed by atoms with van der Waals surface area (Å²) in [6, 6.07) is 12.6. The van der Waals surface area contributed by atoms with Crippen LogP contribution in [-0.4, -0.2) is 34.3 Å². The molecule has 1 amide bonds. The van der Waals surface area contributed by atoms with Gasteiger partial charge in [0.15, 0.2) is 11.4 Å². The minimum Gasteiger partial charge on any atom is -0.502 e. The number of amides is 1. The number of pyridine rings is 1. The molecule has 7 heteroatoms. The van der Waals surface area contributed by atoms with Gasteiger partial charge >= 0.3 is 0 Å². The zero-order valence-electron chi connectivity index (χ0n) is 17.8. The van der Waals surface area contributed by atoms with Crippen LogP contribution in [0.15, 0.2) is 53.5 Å². The number of hydrogen-bond acceptors (Lipinski definition) is 4. The molecule has 32 heavy (non-hydrogen) atoms. The van der Waals surface area contributed by atoms with Gasteiger partial charge in [-0.05, 0) is 54.2 Å². The molecule has 2 atom stereocenters. The lowest BCUT2D eigenvalue weighted by atomic mass is 9.81. The monoisotopic (exact) mass is 431 g/mol. The third-order valence-electron chi connectivity index (χ3n) is 7.30. The van der Waals surface area contributed by atoms with Crippen molar-refractivity contribution >= 4 is 5.91 Å². The Bertz CT molecular complexity index is 1320. The van der Waals surface area contributed by atoms with E-state index in [-0.39, 0.29) is 24.1 Å². The second-order valence-electron chi connectivity index (χ2n) is 9.10. The van der Waals surface area contributed by atoms with Crippen LogP contribution in [0.3, 0.4) is 0 Å². The number of aromatic hydroxyl groups is 1. The summed E-state index contributed by atoms with van der Waals surface area (Å²) in [5.41, 5.74) is 3.93. The lowest BCUT2D eigenvalue weighted by molar-refractivity contribution is 0.0697. The lowest BCUT2D eigenvalue weighted by Gasteiger charge is -2.50. The minimum atomic E-state index is -0.732. The number of fused-ring (bicyclic) bond motifs is 6. The number of carbonyl (C=O) groups excluding carboxylic acids is 1. The van der Waals surface area contributed by atoms with Crippen LogP contribution >= 0.6 is 0 Å². The Morgan fingerprint density at radius 3 is 2.47 bits per heavy atom. The SMILES string of the molecule is Cc1ccc2c(c1)C1(N3CN(C)C(=O)c4c(O)c(=O)ccn43)c3cc(F)ccc3CC1C2. The van der Waals surface area contributed by atoms with E-state index in [1.54, 1.807) is 24.0 Å². The molecule has 1 aromatic heterocycles. The summed E-state index contributed by atoms with van der Waals surface area (Å²) in [5.74, 6) is -1.19. The Balaban J connectivity index is 1.72. The molecule has 3 aliphatic rings. The summed E-state index contributed by atoms with van der Waals surface area (Å²) in [6.45, 7) is 2.26. The Morgan fingerprint density at radius 1 is 1.03 bits per heavy atom. The van der Waals surface area contributed by atoms with E-state index in [0.717, 1.165) is 35.1 Å². The van der Waals surface area contributed by atoms with Gasteiger partial charge in [0.1, 0.15) is 18.0 Å². The van der Waals surface area contributed by atoms with Gasteiger partial charge < -0.3 is 10.0 Å². The van der Waals surface area contributed by atoms with Crippen LogP contribution in [0.2, 0.25) is 0 Å². The molecule has 0 saturated heterocycles. The van der Waals surface area contributed by atoms with Crippen molar-refractivity contribution in [1.82, 2.24) is 9.58 Å². The number of aromatic nitrogens is 1. The van der Waals surface area contributed by atoms with E-state index in [4.69, 9.17) is 0 Å². The van der Waals surface area contributed by atoms with Gasteiger partial charge in [0.25, 0.3) is 5.91 Å². The molecule has 6 nitrogen and oxygen atoms in total. The van der Waals surface area contributed by atoms with E-state index < -0.39 is 22.6 Å². The maximum Gasteiger partial charge on any atom is 0.277 e. The number of nitrogens with zero attached hydrogens (tertiary/aromatic N) is 3. The van der Waals surface area contributed by atoms with Gasteiger partial charge in [-0.25, -0.2) is 4.39 Å². The van der Waals surface area contributed by atoms with Crippen LogP contribution < -0.4 is 10.4 Å². The molecule has 2 unspecified atom stereocenters. The van der Waals surface area contributed by atoms with Gasteiger partial charge in [0, 0.05) is 25.2 Å². The summed E-state index contributed by atoms with van der Waals surface area (Å²) in [5, 5.41) is 12.6. The molecule has 1 N–H and O–H groups in total. The fraction of sp³-hybridized carbons (Fsp3) is 0.280. The number of benzene rings is 2. The quantitative estimate of drug-likeness (QED) is 0.644. The highest BCUT2D eigenvalue weighted by molar-refractivity contribution is 5.96. The van der Waals surface area contributed by atoms with Crippen molar-refractivity contribution in [3.8, 4) is 5.75 Å². The second-order valence-corrected chi connectivity index (χ2v) is 9.10. The van der Waals surface area contributed by atoms with Crippen molar-refractivity contribution in [2.75, 3.05) is 18.7 Å². The topological polar surface area (TPSA) is 65.8 Å².